The van der Waals surface area contributed by atoms with Crippen molar-refractivity contribution in [2.24, 2.45) is 0 Å². The van der Waals surface area contributed by atoms with Gasteiger partial charge in [-0.05, 0) is 157 Å². The van der Waals surface area contributed by atoms with Crippen LogP contribution in [0, 0.1) is 0 Å². The molecule has 374 valence electrons. The van der Waals surface area contributed by atoms with Crippen molar-refractivity contribution < 1.29 is 67.4 Å². The number of rotatable bonds is 19. The molecule has 0 spiro atoms. The summed E-state index contributed by atoms with van der Waals surface area (Å²) in [7, 11) is 0. The fraction of sp³-hybridized carbons (Fsp3) is 0.276. The molecule has 6 aromatic carbocycles. The summed E-state index contributed by atoms with van der Waals surface area (Å²) in [6, 6.07) is 33.0. The van der Waals surface area contributed by atoms with Crippen molar-refractivity contribution in [2.75, 3.05) is 0 Å². The van der Waals surface area contributed by atoms with E-state index in [2.05, 4.69) is 0 Å². The second-order valence-electron chi connectivity index (χ2n) is 19.1. The molecular formula is C58H58O14. The van der Waals surface area contributed by atoms with Crippen molar-refractivity contribution in [3.8, 4) is 46.0 Å². The number of carbonyl (C=O) groups is 6. The highest BCUT2D eigenvalue weighted by Crippen LogP contribution is 2.37. The Morgan fingerprint density at radius 1 is 0.347 bits per heavy atom. The minimum atomic E-state index is -0.621. The van der Waals surface area contributed by atoms with Gasteiger partial charge in [0.2, 0.25) is 0 Å². The predicted octanol–water partition coefficient (Wildman–Crippen LogP) is 12.2. The van der Waals surface area contributed by atoms with Crippen LogP contribution in [-0.4, -0.2) is 46.0 Å². The maximum Gasteiger partial charge on any atom is 0.343 e. The molecule has 0 aliphatic carbocycles. The van der Waals surface area contributed by atoms with E-state index in [1.54, 1.807) is 24.3 Å². The molecular weight excluding hydrogens is 921 g/mol. The first-order chi connectivity index (χ1) is 34.2. The van der Waals surface area contributed by atoms with E-state index in [4.69, 9.17) is 28.4 Å². The van der Waals surface area contributed by atoms with Gasteiger partial charge in [0.15, 0.2) is 0 Å². The van der Waals surface area contributed by atoms with Gasteiger partial charge in [-0.15, -0.1) is 0 Å². The number of hydrogen-bond acceptors (Lipinski definition) is 14. The molecule has 0 aromatic heterocycles. The number of benzene rings is 6. The van der Waals surface area contributed by atoms with Gasteiger partial charge in [0, 0.05) is 24.0 Å². The quantitative estimate of drug-likeness (QED) is 0.0441. The summed E-state index contributed by atoms with van der Waals surface area (Å²) in [6.45, 7) is 11.6. The van der Waals surface area contributed by atoms with E-state index in [9.17, 15) is 39.0 Å². The fourth-order valence-corrected chi connectivity index (χ4v) is 7.27. The van der Waals surface area contributed by atoms with Crippen LogP contribution in [0.4, 0.5) is 0 Å². The largest absolute Gasteiger partial charge is 0.508 e. The van der Waals surface area contributed by atoms with E-state index in [-0.39, 0.29) is 58.1 Å². The van der Waals surface area contributed by atoms with Gasteiger partial charge in [0.05, 0.1) is 22.3 Å². The van der Waals surface area contributed by atoms with Crippen LogP contribution in [-0.2, 0) is 20.4 Å². The highest BCUT2D eigenvalue weighted by atomic mass is 16.6. The highest BCUT2D eigenvalue weighted by Gasteiger charge is 2.25. The zero-order chi connectivity index (χ0) is 52.0. The maximum absolute atomic E-state index is 13.1. The Hall–Kier alpha value is -8.26. The molecule has 72 heavy (non-hydrogen) atoms. The average molecular weight is 979 g/mol. The Kier molecular flexibility index (Phi) is 17.7. The monoisotopic (exact) mass is 978 g/mol. The molecule has 2 N–H and O–H groups in total. The lowest BCUT2D eigenvalue weighted by molar-refractivity contribution is -0.135. The van der Waals surface area contributed by atoms with Crippen molar-refractivity contribution in [2.45, 2.75) is 104 Å². The van der Waals surface area contributed by atoms with Crippen LogP contribution in [0.2, 0.25) is 0 Å². The summed E-state index contributed by atoms with van der Waals surface area (Å²) in [5.41, 5.74) is 1.32. The minimum absolute atomic E-state index is 0.0283. The number of phenols is 2. The van der Waals surface area contributed by atoms with E-state index in [1.807, 2.05) is 41.5 Å². The Morgan fingerprint density at radius 2 is 0.625 bits per heavy atom. The van der Waals surface area contributed by atoms with Crippen LogP contribution in [0.15, 0.2) is 133 Å². The van der Waals surface area contributed by atoms with Crippen LogP contribution in [0.1, 0.15) is 145 Å². The van der Waals surface area contributed by atoms with E-state index < -0.39 is 46.6 Å². The van der Waals surface area contributed by atoms with Crippen molar-refractivity contribution in [3.63, 3.8) is 0 Å². The van der Waals surface area contributed by atoms with Gasteiger partial charge >= 0.3 is 35.8 Å². The fourth-order valence-electron chi connectivity index (χ4n) is 7.27. The van der Waals surface area contributed by atoms with Crippen LogP contribution in [0.3, 0.4) is 0 Å². The summed E-state index contributed by atoms with van der Waals surface area (Å²) >= 11 is 0. The van der Waals surface area contributed by atoms with Gasteiger partial charge < -0.3 is 38.6 Å². The second-order valence-corrected chi connectivity index (χ2v) is 19.1. The summed E-state index contributed by atoms with van der Waals surface area (Å²) in [5.74, 6) is -1.47. The third kappa shape index (κ3) is 15.6. The maximum atomic E-state index is 13.1. The molecule has 0 aliphatic heterocycles. The van der Waals surface area contributed by atoms with Gasteiger partial charge in [0.25, 0.3) is 0 Å². The molecule has 0 saturated carbocycles. The van der Waals surface area contributed by atoms with Gasteiger partial charge in [-0.25, -0.2) is 19.2 Å². The lowest BCUT2D eigenvalue weighted by Gasteiger charge is -2.23. The molecule has 14 nitrogen and oxygen atoms in total. The minimum Gasteiger partial charge on any atom is -0.508 e. The molecule has 0 heterocycles. The molecule has 0 radical (unpaired) electrons. The van der Waals surface area contributed by atoms with E-state index in [1.165, 1.54) is 109 Å². The van der Waals surface area contributed by atoms with Crippen molar-refractivity contribution in [3.05, 3.63) is 167 Å². The number of carbonyl (C=O) groups excluding carboxylic acids is 6. The molecule has 0 unspecified atom stereocenters. The molecule has 0 atom stereocenters. The van der Waals surface area contributed by atoms with Gasteiger partial charge in [-0.3, -0.25) is 9.59 Å². The SMILES string of the molecule is CC(C)(C)c1cc(OC(=O)c2ccc(O)cc2)ccc1OC(=O)c1ccc(OC(=O)CCCCCCCCC(=O)Oc2ccc(C(=O)Oc3ccc(OC(=O)c4ccc(O)cc4)cc3C(C)(C)C)cc2)cc1. The zero-order valence-corrected chi connectivity index (χ0v) is 41.2. The van der Waals surface area contributed by atoms with E-state index >= 15 is 0 Å². The molecule has 0 amide bonds. The highest BCUT2D eigenvalue weighted by molar-refractivity contribution is 5.93. The summed E-state index contributed by atoms with van der Waals surface area (Å²) in [4.78, 5) is 76.7. The Balaban J connectivity index is 0.857. The number of ether oxygens (including phenoxy) is 6. The lowest BCUT2D eigenvalue weighted by atomic mass is 9.86. The van der Waals surface area contributed by atoms with Crippen LogP contribution in [0.25, 0.3) is 0 Å². The summed E-state index contributed by atoms with van der Waals surface area (Å²) < 4.78 is 33.6. The number of phenolic OH excluding ortho intramolecular Hbond substituents is 2. The summed E-state index contributed by atoms with van der Waals surface area (Å²) in [5, 5.41) is 19.0. The van der Waals surface area contributed by atoms with Crippen LogP contribution < -0.4 is 28.4 Å². The van der Waals surface area contributed by atoms with Gasteiger partial charge in [-0.1, -0.05) is 67.2 Å². The zero-order valence-electron chi connectivity index (χ0n) is 41.2. The molecule has 0 fully saturated rings. The van der Waals surface area contributed by atoms with Crippen molar-refractivity contribution >= 4 is 35.8 Å². The van der Waals surface area contributed by atoms with Gasteiger partial charge in [0.1, 0.15) is 46.0 Å². The standard InChI is InChI=1S/C58H58O14/c1-57(2,3)47-35-45(69-53(63)37-15-23-41(59)24-16-37)31-33-49(47)71-55(65)39-19-27-43(28-20-39)67-51(61)13-11-9-7-8-10-12-14-52(62)68-44-29-21-40(22-30-44)56(66)72-50-34-32-46(36-48(50)58(4,5)6)70-54(64)38-17-25-42(60)26-18-38/h15-36,59-60H,7-14H2,1-6H3. The molecule has 6 rings (SSSR count). The second kappa shape index (κ2) is 24.0. The third-order valence-corrected chi connectivity index (χ3v) is 11.2. The number of unbranched alkanes of at least 4 members (excludes halogenated alkanes) is 5. The molecule has 0 aliphatic rings. The Morgan fingerprint density at radius 3 is 0.944 bits per heavy atom. The predicted molar refractivity (Wildman–Crippen MR) is 267 cm³/mol. The topological polar surface area (TPSA) is 198 Å². The van der Waals surface area contributed by atoms with E-state index in [0.717, 1.165) is 25.7 Å². The Bertz CT molecular complexity index is 2670. The van der Waals surface area contributed by atoms with Crippen LogP contribution >= 0.6 is 0 Å². The smallest absolute Gasteiger partial charge is 0.343 e. The first-order valence-corrected chi connectivity index (χ1v) is 23.6. The average Bonchev–Trinajstić information content (AvgIpc) is 3.33. The van der Waals surface area contributed by atoms with Crippen molar-refractivity contribution in [1.29, 1.82) is 0 Å². The molecule has 6 aromatic rings. The number of esters is 6. The first kappa shape index (κ1) is 53.1. The lowest BCUT2D eigenvalue weighted by Crippen LogP contribution is -2.17. The molecule has 14 heteroatoms. The number of hydrogen-bond donors (Lipinski definition) is 2. The number of aromatic hydroxyl groups is 2. The summed E-state index contributed by atoms with van der Waals surface area (Å²) in [6.07, 6.45) is 5.05. The van der Waals surface area contributed by atoms with Crippen molar-refractivity contribution in [1.82, 2.24) is 0 Å². The van der Waals surface area contributed by atoms with E-state index in [0.29, 0.717) is 47.0 Å². The first-order valence-electron chi connectivity index (χ1n) is 23.6. The molecule has 0 saturated heterocycles. The molecule has 0 bridgehead atoms. The van der Waals surface area contributed by atoms with Gasteiger partial charge in [-0.2, -0.15) is 0 Å². The van der Waals surface area contributed by atoms with Crippen LogP contribution in [0.5, 0.6) is 46.0 Å². The Labute approximate surface area is 418 Å². The normalized spacial score (nSPS) is 11.2. The third-order valence-electron chi connectivity index (χ3n) is 11.2.